The number of hydrogen-bond acceptors (Lipinski definition) is 6. The fourth-order valence-electron chi connectivity index (χ4n) is 2.63. The topological polar surface area (TPSA) is 98.5 Å². The van der Waals surface area contributed by atoms with Gasteiger partial charge in [0.2, 0.25) is 5.91 Å². The van der Waals surface area contributed by atoms with Gasteiger partial charge in [-0.05, 0) is 25.1 Å². The standard InChI is InChI=1S/C20H17N7O/c1-14-2-3-15(8-23-14)17-10-25-27(12-17)13-20(28)26-19-5-4-16(9-24-19)18-11-21-6-7-22-18/h2-12H,13H2,1H3,(H,24,26,28). The average Bonchev–Trinajstić information content (AvgIpc) is 3.18. The van der Waals surface area contributed by atoms with Crippen LogP contribution in [0.15, 0.2) is 67.6 Å². The molecule has 4 rings (SSSR count). The molecular formula is C20H17N7O. The quantitative estimate of drug-likeness (QED) is 0.579. The summed E-state index contributed by atoms with van der Waals surface area (Å²) in [6.45, 7) is 2.03. The second-order valence-electron chi connectivity index (χ2n) is 6.19. The third-order valence-corrected chi connectivity index (χ3v) is 4.07. The van der Waals surface area contributed by atoms with Gasteiger partial charge in [-0.3, -0.25) is 24.4 Å². The SMILES string of the molecule is Cc1ccc(-c2cnn(CC(=O)Nc3ccc(-c4cnccn4)cn3)c2)cn1. The van der Waals surface area contributed by atoms with Crippen molar-refractivity contribution in [3.63, 3.8) is 0 Å². The lowest BCUT2D eigenvalue weighted by atomic mass is 10.1. The Hall–Kier alpha value is -3.94. The van der Waals surface area contributed by atoms with Crippen LogP contribution in [0.4, 0.5) is 5.82 Å². The number of carbonyl (C=O) groups excluding carboxylic acids is 1. The van der Waals surface area contributed by atoms with E-state index in [2.05, 4.69) is 30.4 Å². The predicted octanol–water partition coefficient (Wildman–Crippen LogP) is 2.74. The number of aromatic nitrogens is 6. The highest BCUT2D eigenvalue weighted by molar-refractivity contribution is 5.89. The van der Waals surface area contributed by atoms with Gasteiger partial charge in [0.15, 0.2) is 0 Å². The molecule has 0 fully saturated rings. The summed E-state index contributed by atoms with van der Waals surface area (Å²) < 4.78 is 1.58. The maximum Gasteiger partial charge on any atom is 0.247 e. The van der Waals surface area contributed by atoms with Crippen molar-refractivity contribution in [2.24, 2.45) is 0 Å². The Balaban J connectivity index is 1.39. The van der Waals surface area contributed by atoms with Gasteiger partial charge in [-0.1, -0.05) is 6.07 Å². The average molecular weight is 371 g/mol. The third kappa shape index (κ3) is 4.07. The molecule has 4 heterocycles. The fourth-order valence-corrected chi connectivity index (χ4v) is 2.63. The van der Waals surface area contributed by atoms with Crippen molar-refractivity contribution in [3.8, 4) is 22.4 Å². The van der Waals surface area contributed by atoms with Gasteiger partial charge in [-0.15, -0.1) is 0 Å². The van der Waals surface area contributed by atoms with Crippen LogP contribution in [0.25, 0.3) is 22.4 Å². The highest BCUT2D eigenvalue weighted by Gasteiger charge is 2.08. The third-order valence-electron chi connectivity index (χ3n) is 4.07. The number of pyridine rings is 2. The van der Waals surface area contributed by atoms with Crippen molar-refractivity contribution in [1.82, 2.24) is 29.7 Å². The van der Waals surface area contributed by atoms with Crippen molar-refractivity contribution >= 4 is 11.7 Å². The molecule has 0 aliphatic carbocycles. The van der Waals surface area contributed by atoms with Gasteiger partial charge >= 0.3 is 0 Å². The van der Waals surface area contributed by atoms with Gasteiger partial charge in [-0.25, -0.2) is 4.98 Å². The molecule has 28 heavy (non-hydrogen) atoms. The molecule has 0 atom stereocenters. The van der Waals surface area contributed by atoms with E-state index in [4.69, 9.17) is 0 Å². The van der Waals surface area contributed by atoms with Crippen LogP contribution in [0.2, 0.25) is 0 Å². The molecule has 0 spiro atoms. The van der Waals surface area contributed by atoms with Crippen LogP contribution in [0.1, 0.15) is 5.69 Å². The number of rotatable bonds is 5. The van der Waals surface area contributed by atoms with E-state index in [9.17, 15) is 4.79 Å². The molecule has 8 nitrogen and oxygen atoms in total. The van der Waals surface area contributed by atoms with Crippen LogP contribution < -0.4 is 5.32 Å². The summed E-state index contributed by atoms with van der Waals surface area (Å²) in [5.41, 5.74) is 4.37. The van der Waals surface area contributed by atoms with E-state index in [-0.39, 0.29) is 12.5 Å². The molecule has 0 aromatic carbocycles. The number of nitrogens with zero attached hydrogens (tertiary/aromatic N) is 6. The molecule has 1 N–H and O–H groups in total. The molecule has 1 amide bonds. The Kier molecular flexibility index (Phi) is 4.83. The largest absolute Gasteiger partial charge is 0.309 e. The fraction of sp³-hybridized carbons (Fsp3) is 0.100. The number of carbonyl (C=O) groups is 1. The summed E-state index contributed by atoms with van der Waals surface area (Å²) in [5.74, 6) is 0.254. The zero-order valence-electron chi connectivity index (χ0n) is 15.1. The second-order valence-corrected chi connectivity index (χ2v) is 6.19. The molecule has 138 valence electrons. The first kappa shape index (κ1) is 17.5. The first-order valence-corrected chi connectivity index (χ1v) is 8.65. The van der Waals surface area contributed by atoms with Crippen LogP contribution in [0.5, 0.6) is 0 Å². The highest BCUT2D eigenvalue weighted by Crippen LogP contribution is 2.18. The molecule has 0 bridgehead atoms. The van der Waals surface area contributed by atoms with Crippen LogP contribution in [0, 0.1) is 6.92 Å². The summed E-state index contributed by atoms with van der Waals surface area (Å²) >= 11 is 0. The number of hydrogen-bond donors (Lipinski definition) is 1. The summed E-state index contributed by atoms with van der Waals surface area (Å²) in [7, 11) is 0. The van der Waals surface area contributed by atoms with Crippen LogP contribution in [-0.2, 0) is 11.3 Å². The van der Waals surface area contributed by atoms with Gasteiger partial charge in [0, 0.05) is 53.4 Å². The lowest BCUT2D eigenvalue weighted by Gasteiger charge is -2.05. The van der Waals surface area contributed by atoms with Crippen LogP contribution >= 0.6 is 0 Å². The maximum absolute atomic E-state index is 12.3. The number of anilines is 1. The summed E-state index contributed by atoms with van der Waals surface area (Å²) in [4.78, 5) is 29.1. The normalized spacial score (nSPS) is 10.6. The van der Waals surface area contributed by atoms with E-state index >= 15 is 0 Å². The zero-order valence-corrected chi connectivity index (χ0v) is 15.1. The van der Waals surface area contributed by atoms with Gasteiger partial charge in [0.05, 0.1) is 18.1 Å². The van der Waals surface area contributed by atoms with Gasteiger partial charge in [0.1, 0.15) is 12.4 Å². The Labute approximate surface area is 161 Å². The van der Waals surface area contributed by atoms with Crippen LogP contribution in [-0.4, -0.2) is 35.6 Å². The molecule has 0 aliphatic rings. The number of nitrogens with one attached hydrogen (secondary N) is 1. The molecule has 4 aromatic heterocycles. The first-order chi connectivity index (χ1) is 13.7. The van der Waals surface area contributed by atoms with E-state index in [0.29, 0.717) is 5.82 Å². The van der Waals surface area contributed by atoms with E-state index in [1.807, 2.05) is 31.3 Å². The van der Waals surface area contributed by atoms with E-state index in [0.717, 1.165) is 28.1 Å². The predicted molar refractivity (Wildman–Crippen MR) is 104 cm³/mol. The Morgan fingerprint density at radius 2 is 1.79 bits per heavy atom. The molecule has 4 aromatic rings. The molecule has 0 aliphatic heterocycles. The van der Waals surface area contributed by atoms with E-state index in [1.54, 1.807) is 47.9 Å². The lowest BCUT2D eigenvalue weighted by molar-refractivity contribution is -0.116. The Morgan fingerprint density at radius 3 is 2.50 bits per heavy atom. The monoisotopic (exact) mass is 371 g/mol. The summed E-state index contributed by atoms with van der Waals surface area (Å²) in [6, 6.07) is 7.49. The van der Waals surface area contributed by atoms with Crippen molar-refractivity contribution in [2.45, 2.75) is 13.5 Å². The maximum atomic E-state index is 12.3. The van der Waals surface area contributed by atoms with Crippen molar-refractivity contribution in [3.05, 3.63) is 73.3 Å². The Morgan fingerprint density at radius 1 is 0.929 bits per heavy atom. The summed E-state index contributed by atoms with van der Waals surface area (Å²) in [5, 5.41) is 7.01. The molecule has 0 unspecified atom stereocenters. The summed E-state index contributed by atoms with van der Waals surface area (Å²) in [6.07, 6.45) is 11.9. The van der Waals surface area contributed by atoms with Crippen molar-refractivity contribution in [1.29, 1.82) is 0 Å². The van der Waals surface area contributed by atoms with E-state index < -0.39 is 0 Å². The molecule has 8 heteroatoms. The smallest absolute Gasteiger partial charge is 0.247 e. The zero-order chi connectivity index (χ0) is 19.3. The van der Waals surface area contributed by atoms with Crippen LogP contribution in [0.3, 0.4) is 0 Å². The minimum atomic E-state index is -0.212. The van der Waals surface area contributed by atoms with Gasteiger partial charge in [0.25, 0.3) is 0 Å². The van der Waals surface area contributed by atoms with Crippen molar-refractivity contribution < 1.29 is 4.79 Å². The molecule has 0 saturated heterocycles. The first-order valence-electron chi connectivity index (χ1n) is 8.65. The second kappa shape index (κ2) is 7.75. The minimum absolute atomic E-state index is 0.0902. The molecule has 0 saturated carbocycles. The number of aryl methyl sites for hydroxylation is 1. The minimum Gasteiger partial charge on any atom is -0.309 e. The van der Waals surface area contributed by atoms with Gasteiger partial charge in [-0.2, -0.15) is 5.10 Å². The number of amides is 1. The van der Waals surface area contributed by atoms with Crippen molar-refractivity contribution in [2.75, 3.05) is 5.32 Å². The van der Waals surface area contributed by atoms with E-state index in [1.165, 1.54) is 0 Å². The molecular weight excluding hydrogens is 354 g/mol. The highest BCUT2D eigenvalue weighted by atomic mass is 16.2. The lowest BCUT2D eigenvalue weighted by Crippen LogP contribution is -2.19. The van der Waals surface area contributed by atoms with Gasteiger partial charge < -0.3 is 5.32 Å². The molecule has 0 radical (unpaired) electrons. The Bertz CT molecular complexity index is 1070.